The normalized spacial score (nSPS) is 18.1. The molecule has 0 saturated carbocycles. The van der Waals surface area contributed by atoms with E-state index in [1.807, 2.05) is 24.3 Å². The molecule has 1 N–H and O–H groups in total. The van der Waals surface area contributed by atoms with Gasteiger partial charge < -0.3 is 14.7 Å². The van der Waals surface area contributed by atoms with Crippen molar-refractivity contribution in [3.05, 3.63) is 65.2 Å². The lowest BCUT2D eigenvalue weighted by atomic mass is 10.1. The van der Waals surface area contributed by atoms with Crippen LogP contribution in [0.2, 0.25) is 0 Å². The Kier molecular flexibility index (Phi) is 6.70. The van der Waals surface area contributed by atoms with Crippen molar-refractivity contribution in [1.82, 2.24) is 9.80 Å². The molecular weight excluding hydrogens is 352 g/mol. The van der Waals surface area contributed by atoms with E-state index < -0.39 is 6.10 Å². The van der Waals surface area contributed by atoms with E-state index in [-0.39, 0.29) is 18.5 Å². The molecule has 0 bridgehead atoms. The van der Waals surface area contributed by atoms with Gasteiger partial charge in [-0.05, 0) is 49.6 Å². The van der Waals surface area contributed by atoms with Crippen molar-refractivity contribution >= 4 is 5.91 Å². The fourth-order valence-corrected chi connectivity index (χ4v) is 3.90. The van der Waals surface area contributed by atoms with Crippen molar-refractivity contribution in [2.45, 2.75) is 38.5 Å². The van der Waals surface area contributed by atoms with Gasteiger partial charge in [0.25, 0.3) is 0 Å². The van der Waals surface area contributed by atoms with E-state index >= 15 is 0 Å². The van der Waals surface area contributed by atoms with Crippen LogP contribution < -0.4 is 4.74 Å². The van der Waals surface area contributed by atoms with Crippen molar-refractivity contribution < 1.29 is 14.6 Å². The van der Waals surface area contributed by atoms with Gasteiger partial charge in [-0.2, -0.15) is 0 Å². The van der Waals surface area contributed by atoms with Crippen LogP contribution in [-0.4, -0.2) is 54.1 Å². The Hall–Kier alpha value is -2.37. The number of amides is 1. The summed E-state index contributed by atoms with van der Waals surface area (Å²) in [5.41, 5.74) is 3.22. The van der Waals surface area contributed by atoms with E-state index in [1.54, 1.807) is 19.1 Å². The fraction of sp³-hybridized carbons (Fsp3) is 0.435. The van der Waals surface area contributed by atoms with Gasteiger partial charge in [-0.25, -0.2) is 0 Å². The summed E-state index contributed by atoms with van der Waals surface area (Å²) in [5.74, 6) is 0.776. The largest absolute Gasteiger partial charge is 0.497 e. The third kappa shape index (κ3) is 4.91. The summed E-state index contributed by atoms with van der Waals surface area (Å²) in [6, 6.07) is 15.7. The Morgan fingerprint density at radius 3 is 2.82 bits per heavy atom. The molecule has 0 aliphatic carbocycles. The van der Waals surface area contributed by atoms with E-state index in [4.69, 9.17) is 4.74 Å². The van der Waals surface area contributed by atoms with Gasteiger partial charge in [-0.1, -0.05) is 42.0 Å². The molecule has 1 fully saturated rings. The number of hydrogen-bond donors (Lipinski definition) is 1. The summed E-state index contributed by atoms with van der Waals surface area (Å²) in [7, 11) is 3.37. The second-order valence-corrected chi connectivity index (χ2v) is 7.63. The molecule has 2 aromatic carbocycles. The number of ether oxygens (including phenoxy) is 1. The Labute approximate surface area is 167 Å². The van der Waals surface area contributed by atoms with E-state index in [9.17, 15) is 9.90 Å². The number of carbonyl (C=O) groups is 1. The van der Waals surface area contributed by atoms with Gasteiger partial charge in [-0.3, -0.25) is 9.69 Å². The zero-order valence-corrected chi connectivity index (χ0v) is 17.0. The maximum Gasteiger partial charge on any atom is 0.239 e. The highest BCUT2D eigenvalue weighted by Crippen LogP contribution is 2.24. The van der Waals surface area contributed by atoms with Gasteiger partial charge in [0.05, 0.1) is 25.8 Å². The maximum atomic E-state index is 13.1. The number of rotatable bonds is 7. The molecule has 3 rings (SSSR count). The molecule has 1 aliphatic rings. The van der Waals surface area contributed by atoms with Crippen LogP contribution in [-0.2, 0) is 11.3 Å². The summed E-state index contributed by atoms with van der Waals surface area (Å²) in [6.07, 6.45) is 1.15. The molecule has 0 aromatic heterocycles. The Bertz CT molecular complexity index is 808. The minimum absolute atomic E-state index is 0.0760. The van der Waals surface area contributed by atoms with Crippen LogP contribution >= 0.6 is 0 Å². The van der Waals surface area contributed by atoms with E-state index in [0.29, 0.717) is 5.75 Å². The number of aliphatic hydroxyl groups is 1. The second kappa shape index (κ2) is 9.22. The van der Waals surface area contributed by atoms with E-state index in [2.05, 4.69) is 36.1 Å². The minimum atomic E-state index is -0.740. The van der Waals surface area contributed by atoms with E-state index in [0.717, 1.165) is 31.5 Å². The summed E-state index contributed by atoms with van der Waals surface area (Å²) < 4.78 is 5.22. The zero-order chi connectivity index (χ0) is 20.1. The van der Waals surface area contributed by atoms with Crippen LogP contribution in [0, 0.1) is 6.92 Å². The first-order valence-electron chi connectivity index (χ1n) is 9.84. The van der Waals surface area contributed by atoms with Crippen molar-refractivity contribution in [2.24, 2.45) is 0 Å². The third-order valence-electron chi connectivity index (χ3n) is 5.42. The van der Waals surface area contributed by atoms with Crippen LogP contribution in [0.25, 0.3) is 0 Å². The molecule has 2 unspecified atom stereocenters. The van der Waals surface area contributed by atoms with Crippen molar-refractivity contribution in [3.63, 3.8) is 0 Å². The molecule has 1 heterocycles. The Morgan fingerprint density at radius 2 is 2.07 bits per heavy atom. The average molecular weight is 383 g/mol. The lowest BCUT2D eigenvalue weighted by Crippen LogP contribution is -2.45. The molecule has 5 heteroatoms. The molecule has 5 nitrogen and oxygen atoms in total. The van der Waals surface area contributed by atoms with Crippen molar-refractivity contribution in [3.8, 4) is 5.75 Å². The topological polar surface area (TPSA) is 53.0 Å². The highest BCUT2D eigenvalue weighted by atomic mass is 16.5. The van der Waals surface area contributed by atoms with Crippen molar-refractivity contribution in [1.29, 1.82) is 0 Å². The van der Waals surface area contributed by atoms with Gasteiger partial charge in [0.2, 0.25) is 5.91 Å². The zero-order valence-electron chi connectivity index (χ0n) is 17.0. The molecular formula is C23H30N2O3. The highest BCUT2D eigenvalue weighted by molar-refractivity contribution is 5.82. The average Bonchev–Trinajstić information content (AvgIpc) is 3.15. The monoisotopic (exact) mass is 382 g/mol. The molecule has 2 atom stereocenters. The van der Waals surface area contributed by atoms with Gasteiger partial charge >= 0.3 is 0 Å². The summed E-state index contributed by atoms with van der Waals surface area (Å²) >= 11 is 0. The number of aliphatic hydroxyl groups excluding tert-OH is 1. The molecule has 1 aliphatic heterocycles. The molecule has 150 valence electrons. The molecule has 1 amide bonds. The number of aryl methyl sites for hydroxylation is 1. The first-order valence-corrected chi connectivity index (χ1v) is 9.84. The Balaban J connectivity index is 1.62. The van der Waals surface area contributed by atoms with Crippen LogP contribution in [0.4, 0.5) is 0 Å². The molecule has 0 radical (unpaired) electrons. The van der Waals surface area contributed by atoms with Gasteiger partial charge in [0.15, 0.2) is 0 Å². The predicted molar refractivity (Wildman–Crippen MR) is 110 cm³/mol. The smallest absolute Gasteiger partial charge is 0.239 e. The van der Waals surface area contributed by atoms with Gasteiger partial charge in [0, 0.05) is 13.6 Å². The first kappa shape index (κ1) is 20.4. The molecule has 0 spiro atoms. The lowest BCUT2D eigenvalue weighted by Gasteiger charge is -2.29. The highest BCUT2D eigenvalue weighted by Gasteiger charge is 2.33. The predicted octanol–water partition coefficient (Wildman–Crippen LogP) is 3.16. The molecule has 28 heavy (non-hydrogen) atoms. The SMILES string of the molecule is COc1cccc(C(O)CN(C)C(=O)C2CCCN2Cc2cccc(C)c2)c1. The lowest BCUT2D eigenvalue weighted by molar-refractivity contribution is -0.136. The number of nitrogens with zero attached hydrogens (tertiary/aromatic N) is 2. The quantitative estimate of drug-likeness (QED) is 0.799. The van der Waals surface area contributed by atoms with Crippen molar-refractivity contribution in [2.75, 3.05) is 27.2 Å². The number of benzene rings is 2. The summed E-state index contributed by atoms with van der Waals surface area (Å²) in [4.78, 5) is 17.0. The van der Waals surface area contributed by atoms with Gasteiger partial charge in [0.1, 0.15) is 5.75 Å². The van der Waals surface area contributed by atoms with Gasteiger partial charge in [-0.15, -0.1) is 0 Å². The molecule has 2 aromatic rings. The minimum Gasteiger partial charge on any atom is -0.497 e. The van der Waals surface area contributed by atoms with Crippen LogP contribution in [0.1, 0.15) is 35.6 Å². The number of likely N-dealkylation sites (N-methyl/N-ethyl adjacent to an activating group) is 1. The molecule has 1 saturated heterocycles. The number of methoxy groups -OCH3 is 1. The van der Waals surface area contributed by atoms with E-state index in [1.165, 1.54) is 11.1 Å². The second-order valence-electron chi connectivity index (χ2n) is 7.63. The standard InChI is InChI=1S/C23H30N2O3/c1-17-7-4-8-18(13-17)15-25-12-6-11-21(25)23(27)24(2)16-22(26)19-9-5-10-20(14-19)28-3/h4-5,7-10,13-14,21-22,26H,6,11-12,15-16H2,1-3H3. The number of likely N-dealkylation sites (tertiary alicyclic amines) is 1. The first-order chi connectivity index (χ1) is 13.5. The maximum absolute atomic E-state index is 13.1. The number of hydrogen-bond acceptors (Lipinski definition) is 4. The fourth-order valence-electron chi connectivity index (χ4n) is 3.90. The summed E-state index contributed by atoms with van der Waals surface area (Å²) in [6.45, 7) is 4.06. The Morgan fingerprint density at radius 1 is 1.29 bits per heavy atom. The van der Waals surface area contributed by atoms with Crippen LogP contribution in [0.3, 0.4) is 0 Å². The third-order valence-corrected chi connectivity index (χ3v) is 5.42. The van der Waals surface area contributed by atoms with Crippen LogP contribution in [0.5, 0.6) is 5.75 Å². The summed E-state index contributed by atoms with van der Waals surface area (Å²) in [5, 5.41) is 10.6. The van der Waals surface area contributed by atoms with Crippen LogP contribution in [0.15, 0.2) is 48.5 Å². The number of carbonyl (C=O) groups excluding carboxylic acids is 1.